The largest absolute Gasteiger partial charge is 0.461 e. The molecule has 0 bridgehead atoms. The lowest BCUT2D eigenvalue weighted by Crippen LogP contribution is -2.31. The number of aromatic nitrogens is 1. The Hall–Kier alpha value is -2.69. The van der Waals surface area contributed by atoms with Crippen molar-refractivity contribution < 1.29 is 14.3 Å². The van der Waals surface area contributed by atoms with Crippen molar-refractivity contribution in [3.8, 4) is 0 Å². The van der Waals surface area contributed by atoms with Gasteiger partial charge in [0.1, 0.15) is 11.4 Å². The predicted octanol–water partition coefficient (Wildman–Crippen LogP) is 2.92. The molecule has 0 saturated carbocycles. The molecule has 1 aromatic carbocycles. The Bertz CT molecular complexity index is 671. The van der Waals surface area contributed by atoms with Gasteiger partial charge in [0.05, 0.1) is 6.61 Å². The van der Waals surface area contributed by atoms with Crippen molar-refractivity contribution in [3.63, 3.8) is 0 Å². The summed E-state index contributed by atoms with van der Waals surface area (Å²) in [7, 11) is 0. The van der Waals surface area contributed by atoms with Crippen LogP contribution in [0.4, 0.5) is 0 Å². The van der Waals surface area contributed by atoms with Gasteiger partial charge < -0.3 is 9.64 Å². The van der Waals surface area contributed by atoms with Gasteiger partial charge in [0.2, 0.25) is 0 Å². The van der Waals surface area contributed by atoms with Gasteiger partial charge >= 0.3 is 5.97 Å². The van der Waals surface area contributed by atoms with Gasteiger partial charge in [-0.3, -0.25) is 4.79 Å². The van der Waals surface area contributed by atoms with E-state index in [2.05, 4.69) is 4.98 Å². The number of amides is 1. The molecular weight excluding hydrogens is 292 g/mol. The highest BCUT2D eigenvalue weighted by Gasteiger charge is 2.18. The fourth-order valence-electron chi connectivity index (χ4n) is 2.17. The van der Waals surface area contributed by atoms with E-state index < -0.39 is 5.97 Å². The number of nitrogens with zero attached hydrogens (tertiary/aromatic N) is 2. The van der Waals surface area contributed by atoms with Gasteiger partial charge in [-0.1, -0.05) is 36.4 Å². The van der Waals surface area contributed by atoms with Crippen LogP contribution in [0.5, 0.6) is 0 Å². The first-order valence-electron chi connectivity index (χ1n) is 7.63. The smallest absolute Gasteiger partial charge is 0.356 e. The molecule has 5 nitrogen and oxygen atoms in total. The normalized spacial score (nSPS) is 10.2. The number of esters is 1. The number of hydrogen-bond donors (Lipinski definition) is 0. The Labute approximate surface area is 135 Å². The van der Waals surface area contributed by atoms with Crippen molar-refractivity contribution in [2.75, 3.05) is 13.2 Å². The van der Waals surface area contributed by atoms with Gasteiger partial charge in [0, 0.05) is 13.1 Å². The molecule has 0 N–H and O–H groups in total. The number of pyridine rings is 1. The Morgan fingerprint density at radius 2 is 1.70 bits per heavy atom. The van der Waals surface area contributed by atoms with Gasteiger partial charge in [0.15, 0.2) is 0 Å². The zero-order valence-corrected chi connectivity index (χ0v) is 13.4. The summed E-state index contributed by atoms with van der Waals surface area (Å²) in [6.07, 6.45) is 0. The quantitative estimate of drug-likeness (QED) is 0.770. The molecule has 0 saturated heterocycles. The van der Waals surface area contributed by atoms with Crippen LogP contribution >= 0.6 is 0 Å². The second kappa shape index (κ2) is 8.08. The molecule has 1 aromatic heterocycles. The Balaban J connectivity index is 2.17. The van der Waals surface area contributed by atoms with E-state index in [1.54, 1.807) is 30.0 Å². The summed E-state index contributed by atoms with van der Waals surface area (Å²) in [4.78, 5) is 30.2. The molecule has 1 heterocycles. The summed E-state index contributed by atoms with van der Waals surface area (Å²) in [5.41, 5.74) is 1.44. The molecule has 5 heteroatoms. The second-order valence-electron chi connectivity index (χ2n) is 4.93. The minimum atomic E-state index is -0.520. The van der Waals surface area contributed by atoms with E-state index in [0.29, 0.717) is 13.1 Å². The lowest BCUT2D eigenvalue weighted by Gasteiger charge is -2.20. The first-order valence-corrected chi connectivity index (χ1v) is 7.63. The number of ether oxygens (including phenoxy) is 1. The maximum absolute atomic E-state index is 12.6. The standard InChI is InChI=1S/C18H20N2O3/c1-3-20(13-14-9-6-5-7-10-14)17(21)15-11-8-12-16(19-15)18(22)23-4-2/h5-12H,3-4,13H2,1-2H3. The van der Waals surface area contributed by atoms with E-state index in [1.165, 1.54) is 0 Å². The molecule has 0 aliphatic rings. The average molecular weight is 312 g/mol. The molecule has 2 aromatic rings. The molecular formula is C18H20N2O3. The number of hydrogen-bond acceptors (Lipinski definition) is 4. The van der Waals surface area contributed by atoms with E-state index in [0.717, 1.165) is 5.56 Å². The molecule has 0 aliphatic heterocycles. The van der Waals surface area contributed by atoms with Crippen LogP contribution in [0.25, 0.3) is 0 Å². The first kappa shape index (κ1) is 16.7. The molecule has 0 atom stereocenters. The molecule has 0 spiro atoms. The fourth-order valence-corrected chi connectivity index (χ4v) is 2.17. The van der Waals surface area contributed by atoms with Crippen LogP contribution in [-0.2, 0) is 11.3 Å². The number of rotatable bonds is 6. The maximum Gasteiger partial charge on any atom is 0.356 e. The molecule has 23 heavy (non-hydrogen) atoms. The third-order valence-corrected chi connectivity index (χ3v) is 3.34. The van der Waals surface area contributed by atoms with E-state index in [4.69, 9.17) is 4.74 Å². The molecule has 0 aliphatic carbocycles. The molecule has 0 fully saturated rings. The lowest BCUT2D eigenvalue weighted by molar-refractivity contribution is 0.0519. The van der Waals surface area contributed by atoms with Crippen molar-refractivity contribution in [1.29, 1.82) is 0 Å². The van der Waals surface area contributed by atoms with Crippen LogP contribution in [-0.4, -0.2) is 34.9 Å². The number of benzene rings is 1. The zero-order valence-electron chi connectivity index (χ0n) is 13.4. The summed E-state index contributed by atoms with van der Waals surface area (Å²) in [6.45, 7) is 4.97. The van der Waals surface area contributed by atoms with Crippen molar-refractivity contribution in [2.24, 2.45) is 0 Å². The van der Waals surface area contributed by atoms with Gasteiger partial charge in [0.25, 0.3) is 5.91 Å². The number of carbonyl (C=O) groups is 2. The van der Waals surface area contributed by atoms with Gasteiger partial charge in [-0.25, -0.2) is 9.78 Å². The Kier molecular flexibility index (Phi) is 5.86. The van der Waals surface area contributed by atoms with Crippen molar-refractivity contribution >= 4 is 11.9 Å². The first-order chi connectivity index (χ1) is 11.2. The van der Waals surface area contributed by atoms with Crippen LogP contribution in [0.2, 0.25) is 0 Å². The summed E-state index contributed by atoms with van der Waals surface area (Å²) in [5.74, 6) is -0.726. The summed E-state index contributed by atoms with van der Waals surface area (Å²) < 4.78 is 4.92. The minimum Gasteiger partial charge on any atom is -0.461 e. The fraction of sp³-hybridized carbons (Fsp3) is 0.278. The summed E-state index contributed by atoms with van der Waals surface area (Å²) in [6, 6.07) is 14.5. The summed E-state index contributed by atoms with van der Waals surface area (Å²) >= 11 is 0. The highest BCUT2D eigenvalue weighted by molar-refractivity contribution is 5.94. The molecule has 1 amide bonds. The molecule has 0 unspecified atom stereocenters. The third-order valence-electron chi connectivity index (χ3n) is 3.34. The van der Waals surface area contributed by atoms with E-state index in [-0.39, 0.29) is 23.9 Å². The highest BCUT2D eigenvalue weighted by Crippen LogP contribution is 2.10. The van der Waals surface area contributed by atoms with Crippen molar-refractivity contribution in [2.45, 2.75) is 20.4 Å². The van der Waals surface area contributed by atoms with Crippen LogP contribution in [0.15, 0.2) is 48.5 Å². The predicted molar refractivity (Wildman–Crippen MR) is 87.1 cm³/mol. The van der Waals surface area contributed by atoms with E-state index in [1.807, 2.05) is 37.3 Å². The number of carbonyl (C=O) groups excluding carboxylic acids is 2. The topological polar surface area (TPSA) is 59.5 Å². The Morgan fingerprint density at radius 1 is 1.00 bits per heavy atom. The van der Waals surface area contributed by atoms with Crippen molar-refractivity contribution in [1.82, 2.24) is 9.88 Å². The second-order valence-corrected chi connectivity index (χ2v) is 4.93. The maximum atomic E-state index is 12.6. The van der Waals surface area contributed by atoms with Crippen LogP contribution in [0, 0.1) is 0 Å². The SMILES string of the molecule is CCOC(=O)c1cccc(C(=O)N(CC)Cc2ccccc2)n1. The van der Waals surface area contributed by atoms with Crippen LogP contribution in [0.1, 0.15) is 40.4 Å². The zero-order chi connectivity index (χ0) is 16.7. The van der Waals surface area contributed by atoms with Crippen LogP contribution in [0.3, 0.4) is 0 Å². The van der Waals surface area contributed by atoms with Gasteiger partial charge in [-0.2, -0.15) is 0 Å². The summed E-state index contributed by atoms with van der Waals surface area (Å²) in [5, 5.41) is 0. The highest BCUT2D eigenvalue weighted by atomic mass is 16.5. The van der Waals surface area contributed by atoms with Gasteiger partial charge in [-0.05, 0) is 31.5 Å². The Morgan fingerprint density at radius 3 is 2.35 bits per heavy atom. The van der Waals surface area contributed by atoms with E-state index in [9.17, 15) is 9.59 Å². The lowest BCUT2D eigenvalue weighted by atomic mass is 10.2. The molecule has 2 rings (SSSR count). The molecule has 120 valence electrons. The van der Waals surface area contributed by atoms with E-state index >= 15 is 0 Å². The third kappa shape index (κ3) is 4.39. The average Bonchev–Trinajstić information content (AvgIpc) is 2.60. The van der Waals surface area contributed by atoms with Crippen LogP contribution < -0.4 is 0 Å². The van der Waals surface area contributed by atoms with Gasteiger partial charge in [-0.15, -0.1) is 0 Å². The molecule has 0 radical (unpaired) electrons. The monoisotopic (exact) mass is 312 g/mol. The minimum absolute atomic E-state index is 0.147. The van der Waals surface area contributed by atoms with Crippen molar-refractivity contribution in [3.05, 3.63) is 65.5 Å².